The molecule has 1 saturated carbocycles. The van der Waals surface area contributed by atoms with Crippen LogP contribution in [0.1, 0.15) is 51.9 Å². The molecule has 0 radical (unpaired) electrons. The fourth-order valence-corrected chi connectivity index (χ4v) is 2.54. The van der Waals surface area contributed by atoms with Crippen molar-refractivity contribution >= 4 is 0 Å². The van der Waals surface area contributed by atoms with E-state index in [9.17, 15) is 5.11 Å². The van der Waals surface area contributed by atoms with Crippen molar-refractivity contribution in [3.8, 4) is 0 Å². The summed E-state index contributed by atoms with van der Waals surface area (Å²) in [6, 6.07) is 0. The summed E-state index contributed by atoms with van der Waals surface area (Å²) in [5, 5.41) is 9.95. The van der Waals surface area contributed by atoms with Gasteiger partial charge in [0, 0.05) is 0 Å². The van der Waals surface area contributed by atoms with Crippen molar-refractivity contribution in [2.24, 2.45) is 11.8 Å². The third-order valence-corrected chi connectivity index (χ3v) is 3.61. The molecule has 3 unspecified atom stereocenters. The van der Waals surface area contributed by atoms with E-state index in [4.69, 9.17) is 0 Å². The molecule has 1 heteroatoms. The molecule has 3 atom stereocenters. The number of unbranched alkanes of at least 4 members (excludes halogenated alkanes) is 1. The predicted octanol–water partition coefficient (Wildman–Crippen LogP) is 3.53. The molecular weight excluding hydrogens is 172 g/mol. The van der Waals surface area contributed by atoms with Gasteiger partial charge in [-0.1, -0.05) is 25.8 Å². The van der Waals surface area contributed by atoms with E-state index >= 15 is 0 Å². The first kappa shape index (κ1) is 11.8. The Hall–Kier alpha value is -0.300. The van der Waals surface area contributed by atoms with Crippen molar-refractivity contribution < 1.29 is 5.11 Å². The molecule has 0 aromatic carbocycles. The summed E-state index contributed by atoms with van der Waals surface area (Å²) in [4.78, 5) is 0. The van der Waals surface area contributed by atoms with Crippen molar-refractivity contribution in [1.29, 1.82) is 0 Å². The van der Waals surface area contributed by atoms with Crippen molar-refractivity contribution in [2.45, 2.75) is 58.0 Å². The topological polar surface area (TPSA) is 20.2 Å². The third kappa shape index (κ3) is 3.45. The van der Waals surface area contributed by atoms with Crippen LogP contribution >= 0.6 is 0 Å². The van der Waals surface area contributed by atoms with Crippen LogP contribution in [0.4, 0.5) is 0 Å². The SMILES string of the molecule is C=CCCCC(O)C1CCC(CC)C1. The molecule has 1 fully saturated rings. The second kappa shape index (κ2) is 6.23. The van der Waals surface area contributed by atoms with Gasteiger partial charge < -0.3 is 5.11 Å². The van der Waals surface area contributed by atoms with Crippen molar-refractivity contribution in [3.05, 3.63) is 12.7 Å². The van der Waals surface area contributed by atoms with Crippen LogP contribution in [-0.4, -0.2) is 11.2 Å². The number of hydrogen-bond donors (Lipinski definition) is 1. The zero-order valence-electron chi connectivity index (χ0n) is 9.41. The third-order valence-electron chi connectivity index (χ3n) is 3.61. The van der Waals surface area contributed by atoms with E-state index in [0.29, 0.717) is 5.92 Å². The Morgan fingerprint density at radius 2 is 2.29 bits per heavy atom. The summed E-state index contributed by atoms with van der Waals surface area (Å²) in [5.41, 5.74) is 0. The van der Waals surface area contributed by atoms with Crippen LogP contribution in [-0.2, 0) is 0 Å². The van der Waals surface area contributed by atoms with Crippen molar-refractivity contribution in [3.63, 3.8) is 0 Å². The maximum Gasteiger partial charge on any atom is 0.0568 e. The molecule has 1 aliphatic carbocycles. The van der Waals surface area contributed by atoms with Crippen LogP contribution in [0, 0.1) is 11.8 Å². The molecule has 0 spiro atoms. The summed E-state index contributed by atoms with van der Waals surface area (Å²) in [5.74, 6) is 1.47. The van der Waals surface area contributed by atoms with E-state index in [2.05, 4.69) is 13.5 Å². The first-order chi connectivity index (χ1) is 6.77. The minimum Gasteiger partial charge on any atom is -0.393 e. The lowest BCUT2D eigenvalue weighted by atomic mass is 9.94. The lowest BCUT2D eigenvalue weighted by Crippen LogP contribution is -2.17. The number of aliphatic hydroxyl groups excluding tert-OH is 1. The average molecular weight is 196 g/mol. The molecule has 0 bridgehead atoms. The van der Waals surface area contributed by atoms with Crippen molar-refractivity contribution in [2.75, 3.05) is 0 Å². The Balaban J connectivity index is 2.17. The number of aliphatic hydroxyl groups is 1. The summed E-state index contributed by atoms with van der Waals surface area (Å²) in [6.45, 7) is 5.96. The van der Waals surface area contributed by atoms with E-state index in [1.807, 2.05) is 6.08 Å². The van der Waals surface area contributed by atoms with Gasteiger partial charge in [0.2, 0.25) is 0 Å². The monoisotopic (exact) mass is 196 g/mol. The zero-order chi connectivity index (χ0) is 10.4. The molecule has 1 nitrogen and oxygen atoms in total. The minimum absolute atomic E-state index is 0.0495. The lowest BCUT2D eigenvalue weighted by molar-refractivity contribution is 0.0977. The second-order valence-corrected chi connectivity index (χ2v) is 4.63. The zero-order valence-corrected chi connectivity index (χ0v) is 9.41. The maximum atomic E-state index is 9.95. The van der Waals surface area contributed by atoms with Crippen LogP contribution < -0.4 is 0 Å². The highest BCUT2D eigenvalue weighted by Gasteiger charge is 2.28. The highest BCUT2D eigenvalue weighted by atomic mass is 16.3. The Morgan fingerprint density at radius 3 is 2.86 bits per heavy atom. The van der Waals surface area contributed by atoms with Crippen LogP contribution in [0.25, 0.3) is 0 Å². The smallest absolute Gasteiger partial charge is 0.0568 e. The Kier molecular flexibility index (Phi) is 5.24. The van der Waals surface area contributed by atoms with E-state index in [1.165, 1.54) is 25.7 Å². The van der Waals surface area contributed by atoms with Crippen molar-refractivity contribution in [1.82, 2.24) is 0 Å². The van der Waals surface area contributed by atoms with E-state index in [0.717, 1.165) is 25.2 Å². The van der Waals surface area contributed by atoms with Crippen LogP contribution in [0.5, 0.6) is 0 Å². The van der Waals surface area contributed by atoms with Gasteiger partial charge in [0.25, 0.3) is 0 Å². The number of allylic oxidation sites excluding steroid dienone is 1. The van der Waals surface area contributed by atoms with Gasteiger partial charge in [-0.3, -0.25) is 0 Å². The summed E-state index contributed by atoms with van der Waals surface area (Å²) >= 11 is 0. The van der Waals surface area contributed by atoms with Gasteiger partial charge in [0.1, 0.15) is 0 Å². The van der Waals surface area contributed by atoms with Gasteiger partial charge >= 0.3 is 0 Å². The first-order valence-corrected chi connectivity index (χ1v) is 6.06. The van der Waals surface area contributed by atoms with Crippen LogP contribution in [0.15, 0.2) is 12.7 Å². The molecular formula is C13H24O. The second-order valence-electron chi connectivity index (χ2n) is 4.63. The Bertz CT molecular complexity index is 165. The van der Waals surface area contributed by atoms with Gasteiger partial charge in [-0.25, -0.2) is 0 Å². The molecule has 1 N–H and O–H groups in total. The number of rotatable bonds is 6. The van der Waals surface area contributed by atoms with E-state index < -0.39 is 0 Å². The molecule has 0 saturated heterocycles. The maximum absolute atomic E-state index is 9.95. The molecule has 0 aliphatic heterocycles. The summed E-state index contributed by atoms with van der Waals surface area (Å²) in [7, 11) is 0. The molecule has 0 heterocycles. The summed E-state index contributed by atoms with van der Waals surface area (Å²) < 4.78 is 0. The van der Waals surface area contributed by atoms with Gasteiger partial charge in [-0.15, -0.1) is 6.58 Å². The molecule has 0 aromatic rings. The minimum atomic E-state index is -0.0495. The van der Waals surface area contributed by atoms with Gasteiger partial charge in [0.05, 0.1) is 6.10 Å². The van der Waals surface area contributed by atoms with E-state index in [-0.39, 0.29) is 6.10 Å². The molecule has 82 valence electrons. The highest BCUT2D eigenvalue weighted by Crippen LogP contribution is 2.35. The predicted molar refractivity (Wildman–Crippen MR) is 61.2 cm³/mol. The van der Waals surface area contributed by atoms with Gasteiger partial charge in [0.15, 0.2) is 0 Å². The Labute approximate surface area is 88.2 Å². The van der Waals surface area contributed by atoms with E-state index in [1.54, 1.807) is 0 Å². The lowest BCUT2D eigenvalue weighted by Gasteiger charge is -2.17. The van der Waals surface area contributed by atoms with Gasteiger partial charge in [-0.2, -0.15) is 0 Å². The fraction of sp³-hybridized carbons (Fsp3) is 0.846. The molecule has 1 aliphatic rings. The Morgan fingerprint density at radius 1 is 1.50 bits per heavy atom. The molecule has 0 aromatic heterocycles. The quantitative estimate of drug-likeness (QED) is 0.509. The van der Waals surface area contributed by atoms with Crippen LogP contribution in [0.2, 0.25) is 0 Å². The summed E-state index contributed by atoms with van der Waals surface area (Å²) in [6.07, 6.45) is 10.1. The average Bonchev–Trinajstić information content (AvgIpc) is 2.66. The largest absolute Gasteiger partial charge is 0.393 e. The normalized spacial score (nSPS) is 29.0. The fourth-order valence-electron chi connectivity index (χ4n) is 2.54. The molecule has 0 amide bonds. The number of hydrogen-bond acceptors (Lipinski definition) is 1. The van der Waals surface area contributed by atoms with Gasteiger partial charge in [-0.05, 0) is 43.9 Å². The standard InChI is InChI=1S/C13H24O/c1-3-5-6-7-13(14)12-9-8-11(4-2)10-12/h3,11-14H,1,4-10H2,2H3. The highest BCUT2D eigenvalue weighted by molar-refractivity contribution is 4.80. The molecule has 14 heavy (non-hydrogen) atoms. The van der Waals surface area contributed by atoms with Crippen LogP contribution in [0.3, 0.4) is 0 Å². The molecule has 1 rings (SSSR count). The first-order valence-electron chi connectivity index (χ1n) is 6.06.